The summed E-state index contributed by atoms with van der Waals surface area (Å²) < 4.78 is 2.29. The highest BCUT2D eigenvalue weighted by atomic mass is 79.9. The highest BCUT2D eigenvalue weighted by Gasteiger charge is 2.16. The zero-order valence-electron chi connectivity index (χ0n) is 15.8. The average molecular weight is 460 g/mol. The molecule has 0 spiro atoms. The number of aryl methyl sites for hydroxylation is 2. The van der Waals surface area contributed by atoms with Crippen molar-refractivity contribution in [2.75, 3.05) is 16.9 Å². The van der Waals surface area contributed by atoms with Crippen molar-refractivity contribution in [3.05, 3.63) is 58.1 Å². The van der Waals surface area contributed by atoms with Crippen LogP contribution in [0.5, 0.6) is 0 Å². The second-order valence-corrected chi connectivity index (χ2v) is 7.95. The van der Waals surface area contributed by atoms with Crippen molar-refractivity contribution in [3.63, 3.8) is 0 Å². The lowest BCUT2D eigenvalue weighted by molar-refractivity contribution is -0.113. The summed E-state index contributed by atoms with van der Waals surface area (Å²) in [6, 6.07) is 13.8. The van der Waals surface area contributed by atoms with Gasteiger partial charge in [-0.3, -0.25) is 4.79 Å². The van der Waals surface area contributed by atoms with Crippen molar-refractivity contribution in [1.29, 1.82) is 0 Å². The number of amides is 1. The van der Waals surface area contributed by atoms with Crippen molar-refractivity contribution < 1.29 is 4.79 Å². The van der Waals surface area contributed by atoms with Gasteiger partial charge in [0.05, 0.1) is 5.75 Å². The van der Waals surface area contributed by atoms with Gasteiger partial charge in [-0.05, 0) is 36.1 Å². The number of nitrogens with two attached hydrogens (primary N) is 1. The van der Waals surface area contributed by atoms with E-state index in [1.54, 1.807) is 0 Å². The third-order valence-electron chi connectivity index (χ3n) is 4.37. The van der Waals surface area contributed by atoms with E-state index in [2.05, 4.69) is 45.3 Å². The zero-order chi connectivity index (χ0) is 20.1. The van der Waals surface area contributed by atoms with Gasteiger partial charge in [-0.25, -0.2) is 4.68 Å². The minimum absolute atomic E-state index is 0.0916. The van der Waals surface area contributed by atoms with E-state index in [9.17, 15) is 4.79 Å². The van der Waals surface area contributed by atoms with E-state index in [0.29, 0.717) is 11.0 Å². The Morgan fingerprint density at radius 3 is 2.43 bits per heavy atom. The van der Waals surface area contributed by atoms with Crippen LogP contribution in [0.4, 0.5) is 5.69 Å². The Labute approximate surface area is 177 Å². The maximum atomic E-state index is 12.5. The molecule has 0 atom stereocenters. The summed E-state index contributed by atoms with van der Waals surface area (Å²) >= 11 is 4.75. The third-order valence-corrected chi connectivity index (χ3v) is 6.01. The van der Waals surface area contributed by atoms with Crippen LogP contribution in [0.2, 0.25) is 0 Å². The first-order valence-electron chi connectivity index (χ1n) is 9.03. The van der Waals surface area contributed by atoms with Crippen LogP contribution in [0.15, 0.2) is 52.1 Å². The van der Waals surface area contributed by atoms with Gasteiger partial charge < -0.3 is 11.2 Å². The van der Waals surface area contributed by atoms with E-state index < -0.39 is 0 Å². The van der Waals surface area contributed by atoms with E-state index in [0.717, 1.165) is 39.7 Å². The van der Waals surface area contributed by atoms with Crippen LogP contribution in [0, 0.1) is 0 Å². The Morgan fingerprint density at radius 1 is 1.11 bits per heavy atom. The summed E-state index contributed by atoms with van der Waals surface area (Å²) in [5.74, 6) is 6.80. The van der Waals surface area contributed by atoms with Crippen molar-refractivity contribution in [1.82, 2.24) is 14.9 Å². The normalized spacial score (nSPS) is 10.8. The lowest BCUT2D eigenvalue weighted by atomic mass is 10.0. The number of para-hydroxylation sites is 1. The Balaban J connectivity index is 1.71. The number of hydrogen-bond acceptors (Lipinski definition) is 5. The molecule has 28 heavy (non-hydrogen) atoms. The monoisotopic (exact) mass is 459 g/mol. The maximum absolute atomic E-state index is 12.5. The molecule has 0 saturated carbocycles. The molecule has 0 aliphatic rings. The smallest absolute Gasteiger partial charge is 0.234 e. The summed E-state index contributed by atoms with van der Waals surface area (Å²) in [6.07, 6.45) is 1.73. The van der Waals surface area contributed by atoms with Gasteiger partial charge in [0.25, 0.3) is 0 Å². The predicted molar refractivity (Wildman–Crippen MR) is 118 cm³/mol. The van der Waals surface area contributed by atoms with E-state index in [1.807, 2.05) is 42.5 Å². The number of nitrogen functional groups attached to an aromatic ring is 1. The Bertz CT molecular complexity index is 966. The second kappa shape index (κ2) is 9.25. The molecular weight excluding hydrogens is 438 g/mol. The van der Waals surface area contributed by atoms with Crippen molar-refractivity contribution in [3.8, 4) is 11.4 Å². The molecule has 1 amide bonds. The Kier molecular flexibility index (Phi) is 6.74. The fourth-order valence-electron chi connectivity index (χ4n) is 2.91. The van der Waals surface area contributed by atoms with Crippen molar-refractivity contribution in [2.24, 2.45) is 0 Å². The molecule has 1 heterocycles. The lowest BCUT2D eigenvalue weighted by Gasteiger charge is -2.14. The molecule has 2 aromatic carbocycles. The Morgan fingerprint density at radius 2 is 1.79 bits per heavy atom. The van der Waals surface area contributed by atoms with Crippen LogP contribution in [-0.2, 0) is 17.6 Å². The molecule has 6 nitrogen and oxygen atoms in total. The van der Waals surface area contributed by atoms with Gasteiger partial charge in [0, 0.05) is 15.7 Å². The van der Waals surface area contributed by atoms with E-state index in [-0.39, 0.29) is 11.7 Å². The van der Waals surface area contributed by atoms with Crippen molar-refractivity contribution in [2.45, 2.75) is 31.8 Å². The van der Waals surface area contributed by atoms with Gasteiger partial charge in [-0.2, -0.15) is 0 Å². The molecular formula is C20H22BrN5OS. The summed E-state index contributed by atoms with van der Waals surface area (Å²) in [6.45, 7) is 4.17. The topological polar surface area (TPSA) is 85.8 Å². The number of aromatic nitrogens is 3. The fraction of sp³-hybridized carbons (Fsp3) is 0.250. The first-order valence-corrected chi connectivity index (χ1v) is 10.8. The van der Waals surface area contributed by atoms with Crippen LogP contribution in [0.3, 0.4) is 0 Å². The van der Waals surface area contributed by atoms with Gasteiger partial charge >= 0.3 is 0 Å². The number of carbonyl (C=O) groups excluding carboxylic acids is 1. The van der Waals surface area contributed by atoms with Gasteiger partial charge in [0.1, 0.15) is 0 Å². The third kappa shape index (κ3) is 4.39. The number of anilines is 1. The summed E-state index contributed by atoms with van der Waals surface area (Å²) in [5, 5.41) is 11.8. The molecule has 0 aliphatic carbocycles. The highest BCUT2D eigenvalue weighted by molar-refractivity contribution is 9.10. The van der Waals surface area contributed by atoms with Gasteiger partial charge in [0.2, 0.25) is 11.1 Å². The molecule has 3 N–H and O–H groups in total. The quantitative estimate of drug-likeness (QED) is 0.406. The van der Waals surface area contributed by atoms with E-state index >= 15 is 0 Å². The molecule has 3 rings (SSSR count). The number of nitrogens with zero attached hydrogens (tertiary/aromatic N) is 3. The molecule has 0 saturated heterocycles. The number of benzene rings is 2. The maximum Gasteiger partial charge on any atom is 0.234 e. The molecule has 0 radical (unpaired) electrons. The van der Waals surface area contributed by atoms with Gasteiger partial charge in [-0.15, -0.1) is 10.2 Å². The SMILES string of the molecule is CCc1cccc(CC)c1NC(=O)CSc1nnc(-c2ccccc2Br)n1N. The number of carbonyl (C=O) groups is 1. The molecule has 146 valence electrons. The summed E-state index contributed by atoms with van der Waals surface area (Å²) in [5.41, 5.74) is 4.03. The molecule has 0 fully saturated rings. The summed E-state index contributed by atoms with van der Waals surface area (Å²) in [4.78, 5) is 12.5. The van der Waals surface area contributed by atoms with Crippen LogP contribution < -0.4 is 11.2 Å². The molecule has 0 bridgehead atoms. The minimum Gasteiger partial charge on any atom is -0.335 e. The average Bonchev–Trinajstić information content (AvgIpc) is 3.07. The standard InChI is InChI=1S/C20H22BrN5OS/c1-3-13-8-7-9-14(4-2)18(13)23-17(27)12-28-20-25-24-19(26(20)22)15-10-5-6-11-16(15)21/h5-11H,3-4,12,22H2,1-2H3,(H,23,27). The molecule has 3 aromatic rings. The number of nitrogens with one attached hydrogen (secondary N) is 1. The van der Waals surface area contributed by atoms with Crippen LogP contribution >= 0.6 is 27.7 Å². The highest BCUT2D eigenvalue weighted by Crippen LogP contribution is 2.28. The zero-order valence-corrected chi connectivity index (χ0v) is 18.2. The number of halogens is 1. The van der Waals surface area contributed by atoms with Gasteiger partial charge in [-0.1, -0.05) is 71.9 Å². The number of thioether (sulfide) groups is 1. The van der Waals surface area contributed by atoms with E-state index in [4.69, 9.17) is 5.84 Å². The summed E-state index contributed by atoms with van der Waals surface area (Å²) in [7, 11) is 0. The Hall–Kier alpha value is -2.32. The number of rotatable bonds is 7. The molecule has 0 unspecified atom stereocenters. The minimum atomic E-state index is -0.0916. The molecule has 0 aliphatic heterocycles. The molecule has 8 heteroatoms. The van der Waals surface area contributed by atoms with Crippen LogP contribution in [0.25, 0.3) is 11.4 Å². The van der Waals surface area contributed by atoms with Crippen molar-refractivity contribution >= 4 is 39.3 Å². The fourth-order valence-corrected chi connectivity index (χ4v) is 4.03. The number of hydrogen-bond donors (Lipinski definition) is 2. The predicted octanol–water partition coefficient (Wildman–Crippen LogP) is 4.28. The van der Waals surface area contributed by atoms with E-state index in [1.165, 1.54) is 16.4 Å². The van der Waals surface area contributed by atoms with Crippen LogP contribution in [-0.4, -0.2) is 26.5 Å². The lowest BCUT2D eigenvalue weighted by Crippen LogP contribution is -2.18. The largest absolute Gasteiger partial charge is 0.335 e. The van der Waals surface area contributed by atoms with Crippen LogP contribution in [0.1, 0.15) is 25.0 Å². The second-order valence-electron chi connectivity index (χ2n) is 6.15. The first-order chi connectivity index (χ1) is 13.5. The first kappa shape index (κ1) is 20.4. The van der Waals surface area contributed by atoms with Gasteiger partial charge in [0.15, 0.2) is 5.82 Å². The molecule has 1 aromatic heterocycles.